The van der Waals surface area contributed by atoms with Crippen molar-refractivity contribution in [3.05, 3.63) is 46.0 Å². The Morgan fingerprint density at radius 3 is 2.18 bits per heavy atom. The van der Waals surface area contributed by atoms with Crippen molar-refractivity contribution >= 4 is 26.7 Å². The van der Waals surface area contributed by atoms with Gasteiger partial charge in [0.05, 0.1) is 0 Å². The van der Waals surface area contributed by atoms with Crippen LogP contribution in [0, 0.1) is 0 Å². The van der Waals surface area contributed by atoms with Crippen LogP contribution in [0.3, 0.4) is 0 Å². The number of benzene rings is 2. The second-order valence-electron chi connectivity index (χ2n) is 4.23. The summed E-state index contributed by atoms with van der Waals surface area (Å²) in [6, 6.07) is 7.39. The summed E-state index contributed by atoms with van der Waals surface area (Å²) >= 11 is 3.45. The zero-order valence-electron chi connectivity index (χ0n) is 9.07. The first-order chi connectivity index (χ1) is 8.18. The largest absolute Gasteiger partial charge is 0.507 e. The summed E-state index contributed by atoms with van der Waals surface area (Å²) in [4.78, 5) is 0. The van der Waals surface area contributed by atoms with Crippen LogP contribution in [0.15, 0.2) is 34.8 Å². The Kier molecular flexibility index (Phi) is 2.37. The van der Waals surface area contributed by atoms with E-state index in [0.717, 1.165) is 21.0 Å². The number of fused-ring (bicyclic) bond motifs is 2. The van der Waals surface area contributed by atoms with Crippen molar-refractivity contribution < 1.29 is 10.2 Å². The maximum Gasteiger partial charge on any atom is 0.127 e. The molecule has 0 aromatic heterocycles. The third-order valence-electron chi connectivity index (χ3n) is 3.25. The third kappa shape index (κ3) is 1.53. The zero-order chi connectivity index (χ0) is 12.0. The maximum atomic E-state index is 10.3. The third-order valence-corrected chi connectivity index (χ3v) is 3.85. The number of allylic oxidation sites excluding steroid dienone is 2. The summed E-state index contributed by atoms with van der Waals surface area (Å²) < 4.78 is 1.05. The predicted octanol–water partition coefficient (Wildman–Crippen LogP) is 3.63. The fourth-order valence-electron chi connectivity index (χ4n) is 2.37. The first-order valence-corrected chi connectivity index (χ1v) is 6.26. The van der Waals surface area contributed by atoms with Gasteiger partial charge in [0, 0.05) is 28.3 Å². The molecule has 0 aliphatic heterocycles. The molecule has 1 aliphatic rings. The highest BCUT2D eigenvalue weighted by Crippen LogP contribution is 2.43. The summed E-state index contributed by atoms with van der Waals surface area (Å²) in [7, 11) is 0. The van der Waals surface area contributed by atoms with Gasteiger partial charge in [-0.2, -0.15) is 0 Å². The number of halogens is 1. The number of hydrogen-bond acceptors (Lipinski definition) is 2. The summed E-state index contributed by atoms with van der Waals surface area (Å²) in [6.45, 7) is 0. The number of rotatable bonds is 0. The molecule has 17 heavy (non-hydrogen) atoms. The lowest BCUT2D eigenvalue weighted by atomic mass is 9.91. The Hall–Kier alpha value is -1.48. The summed E-state index contributed by atoms with van der Waals surface area (Å²) in [5.41, 5.74) is 1.67. The van der Waals surface area contributed by atoms with E-state index in [-0.39, 0.29) is 0 Å². The van der Waals surface area contributed by atoms with Gasteiger partial charge in [0.1, 0.15) is 11.5 Å². The number of aromatic hydroxyl groups is 2. The quantitative estimate of drug-likeness (QED) is 0.728. The standard InChI is InChI=1S/C14H11BrO2/c15-8-5-6-11-12(7-8)14(17)10-4-2-1-3-9(10)13(11)16/h1-5,16-17H,6-7H2. The molecule has 0 atom stereocenters. The Bertz CT molecular complexity index is 644. The lowest BCUT2D eigenvalue weighted by Crippen LogP contribution is -2.01. The van der Waals surface area contributed by atoms with Gasteiger partial charge in [0.15, 0.2) is 0 Å². The molecule has 2 aromatic carbocycles. The predicted molar refractivity (Wildman–Crippen MR) is 71.7 cm³/mol. The first kappa shape index (κ1) is 10.7. The van der Waals surface area contributed by atoms with Crippen LogP contribution in [0.2, 0.25) is 0 Å². The molecule has 0 bridgehead atoms. The molecule has 86 valence electrons. The smallest absolute Gasteiger partial charge is 0.127 e. The Morgan fingerprint density at radius 1 is 0.941 bits per heavy atom. The summed E-state index contributed by atoms with van der Waals surface area (Å²) in [6.07, 6.45) is 3.32. The SMILES string of the molecule is Oc1c2c(c(O)c3ccccc13)CC(Br)=CC2. The van der Waals surface area contributed by atoms with Gasteiger partial charge < -0.3 is 10.2 Å². The highest BCUT2D eigenvalue weighted by molar-refractivity contribution is 9.11. The van der Waals surface area contributed by atoms with Crippen LogP contribution in [0.5, 0.6) is 11.5 Å². The fraction of sp³-hybridized carbons (Fsp3) is 0.143. The minimum absolute atomic E-state index is 0.290. The highest BCUT2D eigenvalue weighted by atomic mass is 79.9. The summed E-state index contributed by atoms with van der Waals surface area (Å²) in [5, 5.41) is 22.0. The van der Waals surface area contributed by atoms with Crippen molar-refractivity contribution in [3.8, 4) is 11.5 Å². The molecule has 2 N–H and O–H groups in total. The molecular formula is C14H11BrO2. The molecule has 3 rings (SSSR count). The second-order valence-corrected chi connectivity index (χ2v) is 5.25. The van der Waals surface area contributed by atoms with E-state index in [1.54, 1.807) is 0 Å². The van der Waals surface area contributed by atoms with Crippen molar-refractivity contribution in [2.75, 3.05) is 0 Å². The van der Waals surface area contributed by atoms with Gasteiger partial charge >= 0.3 is 0 Å². The Balaban J connectivity index is 2.40. The van der Waals surface area contributed by atoms with Crippen molar-refractivity contribution in [2.45, 2.75) is 12.8 Å². The Morgan fingerprint density at radius 2 is 1.53 bits per heavy atom. The van der Waals surface area contributed by atoms with Gasteiger partial charge in [-0.05, 0) is 10.9 Å². The molecule has 0 spiro atoms. The van der Waals surface area contributed by atoms with Crippen molar-refractivity contribution in [1.82, 2.24) is 0 Å². The van der Waals surface area contributed by atoms with E-state index in [2.05, 4.69) is 15.9 Å². The van der Waals surface area contributed by atoms with Crippen LogP contribution in [0.1, 0.15) is 11.1 Å². The molecule has 0 saturated heterocycles. The van der Waals surface area contributed by atoms with Crippen molar-refractivity contribution in [1.29, 1.82) is 0 Å². The maximum absolute atomic E-state index is 10.3. The van der Waals surface area contributed by atoms with Crippen LogP contribution < -0.4 is 0 Å². The number of phenolic OH excluding ortho intramolecular Hbond substituents is 2. The van der Waals surface area contributed by atoms with Crippen molar-refractivity contribution in [2.24, 2.45) is 0 Å². The number of phenols is 2. The van der Waals surface area contributed by atoms with E-state index in [9.17, 15) is 10.2 Å². The minimum atomic E-state index is 0.290. The van der Waals surface area contributed by atoms with Gasteiger partial charge in [-0.1, -0.05) is 46.3 Å². The van der Waals surface area contributed by atoms with Crippen LogP contribution in [0.4, 0.5) is 0 Å². The van der Waals surface area contributed by atoms with Crippen LogP contribution in [0.25, 0.3) is 10.8 Å². The van der Waals surface area contributed by atoms with Crippen molar-refractivity contribution in [3.63, 3.8) is 0 Å². The van der Waals surface area contributed by atoms with E-state index in [1.807, 2.05) is 30.3 Å². The zero-order valence-corrected chi connectivity index (χ0v) is 10.7. The van der Waals surface area contributed by atoms with E-state index < -0.39 is 0 Å². The topological polar surface area (TPSA) is 40.5 Å². The molecule has 2 aromatic rings. The van der Waals surface area contributed by atoms with E-state index >= 15 is 0 Å². The van der Waals surface area contributed by atoms with Gasteiger partial charge in [-0.15, -0.1) is 0 Å². The van der Waals surface area contributed by atoms with Crippen LogP contribution in [-0.2, 0) is 12.8 Å². The minimum Gasteiger partial charge on any atom is -0.507 e. The first-order valence-electron chi connectivity index (χ1n) is 5.47. The summed E-state index contributed by atoms with van der Waals surface area (Å²) in [5.74, 6) is 0.586. The van der Waals surface area contributed by atoms with E-state index in [0.29, 0.717) is 29.7 Å². The molecule has 0 amide bonds. The molecule has 3 heteroatoms. The van der Waals surface area contributed by atoms with Crippen LogP contribution >= 0.6 is 15.9 Å². The Labute approximate surface area is 107 Å². The molecule has 0 unspecified atom stereocenters. The highest BCUT2D eigenvalue weighted by Gasteiger charge is 2.20. The fourth-order valence-corrected chi connectivity index (χ4v) is 2.81. The van der Waals surface area contributed by atoms with E-state index in [4.69, 9.17) is 0 Å². The van der Waals surface area contributed by atoms with Gasteiger partial charge in [-0.25, -0.2) is 0 Å². The second kappa shape index (κ2) is 3.77. The average molecular weight is 291 g/mol. The molecule has 1 aliphatic carbocycles. The normalized spacial score (nSPS) is 14.5. The molecule has 2 nitrogen and oxygen atoms in total. The van der Waals surface area contributed by atoms with Gasteiger partial charge in [-0.3, -0.25) is 0 Å². The van der Waals surface area contributed by atoms with E-state index in [1.165, 1.54) is 0 Å². The van der Waals surface area contributed by atoms with Gasteiger partial charge in [0.2, 0.25) is 0 Å². The average Bonchev–Trinajstić information content (AvgIpc) is 2.36. The van der Waals surface area contributed by atoms with Crippen LogP contribution in [-0.4, -0.2) is 10.2 Å². The molecule has 0 fully saturated rings. The molecule has 0 radical (unpaired) electrons. The lowest BCUT2D eigenvalue weighted by Gasteiger charge is -2.19. The monoisotopic (exact) mass is 290 g/mol. The molecule has 0 heterocycles. The van der Waals surface area contributed by atoms with Gasteiger partial charge in [0.25, 0.3) is 0 Å². The molecule has 0 saturated carbocycles. The molecular weight excluding hydrogens is 280 g/mol. The lowest BCUT2D eigenvalue weighted by molar-refractivity contribution is 0.459. The number of hydrogen-bond donors (Lipinski definition) is 2.